The Morgan fingerprint density at radius 1 is 0.974 bits per heavy atom. The summed E-state index contributed by atoms with van der Waals surface area (Å²) in [6.07, 6.45) is 12.4. The molecule has 3 aromatic carbocycles. The van der Waals surface area contributed by atoms with Crippen molar-refractivity contribution < 1.29 is 37.1 Å². The average molecular weight is 1080 g/mol. The van der Waals surface area contributed by atoms with Gasteiger partial charge in [0.2, 0.25) is 5.88 Å². The van der Waals surface area contributed by atoms with Gasteiger partial charge in [-0.05, 0) is 110 Å². The quantitative estimate of drug-likeness (QED) is 0.0447. The molecule has 2 saturated heterocycles. The monoisotopic (exact) mass is 1080 g/mol. The van der Waals surface area contributed by atoms with E-state index >= 15 is 0 Å². The van der Waals surface area contributed by atoms with Crippen molar-refractivity contribution in [3.8, 4) is 17.4 Å². The Morgan fingerprint density at radius 3 is 2.49 bits per heavy atom. The summed E-state index contributed by atoms with van der Waals surface area (Å²) in [5, 5.41) is 26.3. The lowest BCUT2D eigenvalue weighted by molar-refractivity contribution is -0.384. The van der Waals surface area contributed by atoms with E-state index in [0.29, 0.717) is 55.7 Å². The number of H-pyrrole nitrogens is 2. The molecule has 5 N–H and O–H groups in total. The lowest BCUT2D eigenvalue weighted by atomic mass is 9.59. The van der Waals surface area contributed by atoms with Crippen LogP contribution in [-0.2, 0) is 16.6 Å². The summed E-state index contributed by atoms with van der Waals surface area (Å²) in [4.78, 5) is 51.8. The molecule has 21 heteroatoms. The van der Waals surface area contributed by atoms with Crippen molar-refractivity contribution in [2.45, 2.75) is 107 Å². The van der Waals surface area contributed by atoms with E-state index < -0.39 is 42.9 Å². The number of halogens is 1. The maximum absolute atomic E-state index is 14.8. The van der Waals surface area contributed by atoms with Crippen molar-refractivity contribution >= 4 is 55.1 Å². The first-order chi connectivity index (χ1) is 37.4. The van der Waals surface area contributed by atoms with Crippen LogP contribution in [0.25, 0.3) is 22.1 Å². The Labute approximate surface area is 452 Å². The Hall–Kier alpha value is -7.20. The molecule has 1 spiro atoms. The predicted octanol–water partition coefficient (Wildman–Crippen LogP) is 9.59. The van der Waals surface area contributed by atoms with Gasteiger partial charge in [0.25, 0.3) is 21.6 Å². The summed E-state index contributed by atoms with van der Waals surface area (Å²) >= 11 is 0. The maximum Gasteiger partial charge on any atom is 0.296 e. The molecule has 6 heterocycles. The number of fused-ring (bicyclic) bond motifs is 2. The van der Waals surface area contributed by atoms with Crippen molar-refractivity contribution in [1.29, 1.82) is 0 Å². The molecule has 0 bridgehead atoms. The smallest absolute Gasteiger partial charge is 0.296 e. The van der Waals surface area contributed by atoms with Gasteiger partial charge in [-0.2, -0.15) is 0 Å². The number of nitro groups is 1. The standard InChI is InChI=1S/C57H66FN11O8S/c1-35(2)41-7-5-6-8-42(41)47-33-66(32-37-9-12-50(76-4)59-29-37)21-22-68(47)39-26-57(27-39)17-19-67(20-18-57)38-10-11-43(48(23-38)77-40-24-44-45(58)31-62-54(44)61-30-40)55(70)65-78(74,75)49-25-46(69(72)73)51(53-52(49)63-34-64-53)60-28-36-13-15-56(3,71)16-14-36/h5-12,23-25,29-31,34-36,39,47,60,71H,13-22,26-28,32-33H2,1-4H3,(H,61,62)(H,63,64)(H,65,70). The molecule has 2 saturated carbocycles. The number of hydrogen-bond donors (Lipinski definition) is 5. The van der Waals surface area contributed by atoms with Crippen LogP contribution in [0.3, 0.4) is 0 Å². The van der Waals surface area contributed by atoms with Crippen molar-refractivity contribution in [3.63, 3.8) is 0 Å². The van der Waals surface area contributed by atoms with Crippen LogP contribution in [0.2, 0.25) is 0 Å². The second-order valence-electron chi connectivity index (χ2n) is 22.4. The molecule has 2 aliphatic carbocycles. The highest BCUT2D eigenvalue weighted by molar-refractivity contribution is 7.90. The number of anilines is 2. The van der Waals surface area contributed by atoms with E-state index in [0.717, 1.165) is 82.3 Å². The van der Waals surface area contributed by atoms with E-state index in [1.165, 1.54) is 42.0 Å². The first kappa shape index (κ1) is 52.8. The molecule has 11 rings (SSSR count). The fourth-order valence-electron chi connectivity index (χ4n) is 12.4. The molecule has 78 heavy (non-hydrogen) atoms. The van der Waals surface area contributed by atoms with E-state index in [1.54, 1.807) is 26.2 Å². The molecule has 7 aromatic rings. The van der Waals surface area contributed by atoms with E-state index in [2.05, 4.69) is 93.8 Å². The highest BCUT2D eigenvalue weighted by Gasteiger charge is 2.50. The third-order valence-corrected chi connectivity index (χ3v) is 18.2. The van der Waals surface area contributed by atoms with Crippen molar-refractivity contribution in [2.24, 2.45) is 11.3 Å². The lowest BCUT2D eigenvalue weighted by Gasteiger charge is -2.58. The van der Waals surface area contributed by atoms with Gasteiger partial charge in [-0.1, -0.05) is 44.2 Å². The molecule has 4 aliphatic rings. The van der Waals surface area contributed by atoms with Gasteiger partial charge in [0, 0.05) is 94.2 Å². The zero-order valence-corrected chi connectivity index (χ0v) is 45.1. The number of nitrogens with zero attached hydrogens (tertiary/aromatic N) is 7. The summed E-state index contributed by atoms with van der Waals surface area (Å²) in [7, 11) is -3.19. The fraction of sp³-hybridized carbons (Fsp3) is 0.439. The van der Waals surface area contributed by atoms with Gasteiger partial charge in [-0.3, -0.25) is 24.7 Å². The first-order valence-electron chi connectivity index (χ1n) is 26.9. The number of pyridine rings is 2. The number of ether oxygens (including phenoxy) is 2. The number of aromatic amines is 2. The third kappa shape index (κ3) is 10.7. The molecule has 4 fully saturated rings. The molecule has 410 valence electrons. The van der Waals surface area contributed by atoms with Crippen molar-refractivity contribution in [2.75, 3.05) is 56.6 Å². The molecular formula is C57H66FN11O8S. The molecule has 0 radical (unpaired) electrons. The Morgan fingerprint density at radius 2 is 1.76 bits per heavy atom. The minimum Gasteiger partial charge on any atom is -0.481 e. The van der Waals surface area contributed by atoms with Gasteiger partial charge in [0.05, 0.1) is 46.6 Å². The number of piperidine rings is 1. The topological polar surface area (TPSA) is 237 Å². The van der Waals surface area contributed by atoms with Gasteiger partial charge >= 0.3 is 0 Å². The Kier molecular flexibility index (Phi) is 14.4. The number of imidazole rings is 1. The number of carbonyl (C=O) groups is 1. The summed E-state index contributed by atoms with van der Waals surface area (Å²) in [6.45, 7) is 11.8. The number of hydrogen-bond acceptors (Lipinski definition) is 15. The normalized spacial score (nSPS) is 21.2. The van der Waals surface area contributed by atoms with Crippen LogP contribution in [0.5, 0.6) is 17.4 Å². The van der Waals surface area contributed by atoms with Crippen LogP contribution in [0.4, 0.5) is 21.5 Å². The maximum atomic E-state index is 14.8. The van der Waals surface area contributed by atoms with Gasteiger partial charge in [0.1, 0.15) is 39.1 Å². The number of piperazine rings is 1. The van der Waals surface area contributed by atoms with Crippen LogP contribution in [-0.4, -0.2) is 117 Å². The fourth-order valence-corrected chi connectivity index (χ4v) is 13.6. The SMILES string of the molecule is COc1ccc(CN2CCN(C3CC4(CCN(c5ccc(C(=O)NS(=O)(=O)c6cc([N+](=O)[O-])c(NCC7CCC(C)(O)CC7)c7[nH]cnc67)c(Oc6cnc7[nH]cc(F)c7c6)c5)CC4)C3)C(c3ccccc3C(C)C)C2)cn1. The number of aliphatic hydroxyl groups is 1. The summed E-state index contributed by atoms with van der Waals surface area (Å²) in [6, 6.07) is 20.9. The zero-order chi connectivity index (χ0) is 54.5. The van der Waals surface area contributed by atoms with Crippen molar-refractivity contribution in [1.82, 2.24) is 39.4 Å². The van der Waals surface area contributed by atoms with Crippen LogP contribution >= 0.6 is 0 Å². The molecular weight excluding hydrogens is 1020 g/mol. The van der Waals surface area contributed by atoms with Gasteiger partial charge < -0.3 is 34.8 Å². The number of aromatic nitrogens is 5. The molecule has 2 aliphatic heterocycles. The highest BCUT2D eigenvalue weighted by Crippen LogP contribution is 2.53. The van der Waals surface area contributed by atoms with Crippen LogP contribution in [0.15, 0.2) is 96.5 Å². The number of rotatable bonds is 16. The second kappa shape index (κ2) is 21.2. The van der Waals surface area contributed by atoms with E-state index in [9.17, 15) is 32.8 Å². The average Bonchev–Trinajstić information content (AvgIpc) is 4.21. The number of nitrogens with one attached hydrogen (secondary N) is 4. The number of carbonyl (C=O) groups excluding carboxylic acids is 1. The Bertz CT molecular complexity index is 3470. The minimum atomic E-state index is -4.82. The highest BCUT2D eigenvalue weighted by atomic mass is 32.2. The minimum absolute atomic E-state index is 0.00363. The van der Waals surface area contributed by atoms with Gasteiger partial charge in [0.15, 0.2) is 0 Å². The molecule has 1 amide bonds. The Balaban J connectivity index is 0.810. The number of sulfonamides is 1. The number of benzene rings is 3. The predicted molar refractivity (Wildman–Crippen MR) is 294 cm³/mol. The van der Waals surface area contributed by atoms with E-state index in [4.69, 9.17) is 9.47 Å². The number of nitro benzene ring substituents is 1. The van der Waals surface area contributed by atoms with Gasteiger partial charge in [-0.25, -0.2) is 32.5 Å². The molecule has 4 aromatic heterocycles. The van der Waals surface area contributed by atoms with Crippen LogP contribution in [0.1, 0.15) is 111 Å². The summed E-state index contributed by atoms with van der Waals surface area (Å²) in [5.41, 5.74) is 3.76. The summed E-state index contributed by atoms with van der Waals surface area (Å²) < 4.78 is 57.2. The lowest BCUT2D eigenvalue weighted by Crippen LogP contribution is -2.60. The second-order valence-corrected chi connectivity index (χ2v) is 24.1. The van der Waals surface area contributed by atoms with E-state index in [-0.39, 0.29) is 56.5 Å². The van der Waals surface area contributed by atoms with Crippen LogP contribution < -0.4 is 24.4 Å². The number of amides is 1. The molecule has 1 atom stereocenters. The molecule has 1 unspecified atom stereocenters. The van der Waals surface area contributed by atoms with Crippen molar-refractivity contribution in [3.05, 3.63) is 130 Å². The van der Waals surface area contributed by atoms with Crippen LogP contribution in [0, 0.1) is 27.3 Å². The summed E-state index contributed by atoms with van der Waals surface area (Å²) in [5.74, 6) is -0.399. The van der Waals surface area contributed by atoms with Gasteiger partial charge in [-0.15, -0.1) is 0 Å². The van der Waals surface area contributed by atoms with E-state index in [1.807, 2.05) is 12.3 Å². The molecule has 19 nitrogen and oxygen atoms in total. The zero-order valence-electron chi connectivity index (χ0n) is 44.3. The largest absolute Gasteiger partial charge is 0.481 e. The first-order valence-corrected chi connectivity index (χ1v) is 28.4. The third-order valence-electron chi connectivity index (χ3n) is 16.9. The number of methoxy groups -OCH3 is 1.